The van der Waals surface area contributed by atoms with Gasteiger partial charge in [0.05, 0.1) is 21.8 Å². The number of aryl methyl sites for hydroxylation is 1. The van der Waals surface area contributed by atoms with Crippen molar-refractivity contribution in [1.82, 2.24) is 30.6 Å². The number of nitrogens with zero attached hydrogens (tertiary/aromatic N) is 4. The molecular formula is C24H23ClN8OS. The molecule has 11 heteroatoms. The van der Waals surface area contributed by atoms with Crippen LogP contribution in [0.2, 0.25) is 5.02 Å². The van der Waals surface area contributed by atoms with Crippen molar-refractivity contribution in [2.24, 2.45) is 0 Å². The third-order valence-corrected chi connectivity index (χ3v) is 7.09. The predicted molar refractivity (Wildman–Crippen MR) is 138 cm³/mol. The number of hydrazine groups is 1. The molecule has 1 saturated heterocycles. The van der Waals surface area contributed by atoms with Gasteiger partial charge in [0.2, 0.25) is 0 Å². The molecule has 0 spiro atoms. The molecule has 0 radical (unpaired) electrons. The number of rotatable bonds is 8. The van der Waals surface area contributed by atoms with Crippen molar-refractivity contribution in [2.45, 2.75) is 23.6 Å². The molecule has 9 nitrogen and oxygen atoms in total. The van der Waals surface area contributed by atoms with Gasteiger partial charge in [0.1, 0.15) is 12.0 Å². The molecule has 2 aromatic heterocycles. The van der Waals surface area contributed by atoms with Crippen molar-refractivity contribution in [3.8, 4) is 0 Å². The summed E-state index contributed by atoms with van der Waals surface area (Å²) >= 11 is 8.00. The standard InChI is InChI=1S/C24H23ClN8OS/c1-15-12-22(31-30-15)29-20-13-16(28-18-5-3-2-4-17(18)25)6-7-21(20)35-23-9-11-33(23)32-24(34)19-8-10-26-14-27-19/h2-8,10,12-14,23,28H,9,11H2,1H3,(H,32,34)(H2,29,30,31). The van der Waals surface area contributed by atoms with E-state index in [-0.39, 0.29) is 11.3 Å². The van der Waals surface area contributed by atoms with E-state index in [0.29, 0.717) is 10.7 Å². The van der Waals surface area contributed by atoms with Gasteiger partial charge in [0, 0.05) is 35.1 Å². The Bertz CT molecular complexity index is 1330. The van der Waals surface area contributed by atoms with E-state index in [2.05, 4.69) is 42.3 Å². The van der Waals surface area contributed by atoms with E-state index < -0.39 is 0 Å². The first kappa shape index (κ1) is 23.2. The molecule has 1 aliphatic heterocycles. The molecule has 0 saturated carbocycles. The van der Waals surface area contributed by atoms with Crippen LogP contribution in [-0.2, 0) is 0 Å². The van der Waals surface area contributed by atoms with Crippen molar-refractivity contribution < 1.29 is 4.79 Å². The van der Waals surface area contributed by atoms with Crippen LogP contribution in [0.3, 0.4) is 0 Å². The van der Waals surface area contributed by atoms with Crippen molar-refractivity contribution in [1.29, 1.82) is 0 Å². The van der Waals surface area contributed by atoms with Gasteiger partial charge in [0.15, 0.2) is 5.82 Å². The van der Waals surface area contributed by atoms with Gasteiger partial charge in [-0.05, 0) is 49.7 Å². The monoisotopic (exact) mass is 506 g/mol. The molecule has 35 heavy (non-hydrogen) atoms. The average molecular weight is 507 g/mol. The van der Waals surface area contributed by atoms with Crippen LogP contribution in [0.4, 0.5) is 22.9 Å². The highest BCUT2D eigenvalue weighted by atomic mass is 35.5. The number of aromatic nitrogens is 4. The Morgan fingerprint density at radius 2 is 2.03 bits per heavy atom. The number of benzene rings is 2. The van der Waals surface area contributed by atoms with Crippen LogP contribution in [0, 0.1) is 6.92 Å². The highest BCUT2D eigenvalue weighted by Gasteiger charge is 2.31. The first-order chi connectivity index (χ1) is 17.0. The normalized spacial score (nSPS) is 15.3. The van der Waals surface area contributed by atoms with Crippen molar-refractivity contribution in [3.63, 3.8) is 0 Å². The molecule has 1 fully saturated rings. The number of carbonyl (C=O) groups is 1. The lowest BCUT2D eigenvalue weighted by atomic mass is 10.2. The minimum absolute atomic E-state index is 0.0876. The van der Waals surface area contributed by atoms with Crippen molar-refractivity contribution in [2.75, 3.05) is 17.2 Å². The summed E-state index contributed by atoms with van der Waals surface area (Å²) < 4.78 is 0. The lowest BCUT2D eigenvalue weighted by molar-refractivity contribution is 0.0560. The van der Waals surface area contributed by atoms with Gasteiger partial charge in [-0.15, -0.1) is 11.8 Å². The van der Waals surface area contributed by atoms with Crippen LogP contribution in [0.15, 0.2) is 72.0 Å². The van der Waals surface area contributed by atoms with Gasteiger partial charge < -0.3 is 10.6 Å². The van der Waals surface area contributed by atoms with Crippen LogP contribution < -0.4 is 16.1 Å². The first-order valence-corrected chi connectivity index (χ1v) is 12.3. The fraction of sp³-hybridized carbons (Fsp3) is 0.167. The Kier molecular flexibility index (Phi) is 6.84. The SMILES string of the molecule is Cc1cc(Nc2cc(Nc3ccccc3Cl)ccc2SC2CCN2NC(=O)c2ccncn2)n[nH]1. The fourth-order valence-electron chi connectivity index (χ4n) is 3.52. The van der Waals surface area contributed by atoms with E-state index in [1.165, 1.54) is 6.33 Å². The number of amides is 1. The highest BCUT2D eigenvalue weighted by molar-refractivity contribution is 8.00. The molecule has 1 aliphatic rings. The summed E-state index contributed by atoms with van der Waals surface area (Å²) in [6.07, 6.45) is 3.86. The van der Waals surface area contributed by atoms with Gasteiger partial charge in [-0.2, -0.15) is 5.10 Å². The molecule has 1 atom stereocenters. The number of aromatic amines is 1. The third-order valence-electron chi connectivity index (χ3n) is 5.39. The summed E-state index contributed by atoms with van der Waals surface area (Å²) in [7, 11) is 0. The van der Waals surface area contributed by atoms with Gasteiger partial charge >= 0.3 is 0 Å². The Morgan fingerprint density at radius 3 is 2.74 bits per heavy atom. The number of thioether (sulfide) groups is 1. The smallest absolute Gasteiger partial charge is 0.284 e. The van der Waals surface area contributed by atoms with Crippen LogP contribution >= 0.6 is 23.4 Å². The second-order valence-corrected chi connectivity index (χ2v) is 9.59. The molecule has 1 unspecified atom stereocenters. The Morgan fingerprint density at radius 1 is 1.14 bits per heavy atom. The van der Waals surface area contributed by atoms with Gasteiger partial charge in [0.25, 0.3) is 5.91 Å². The minimum Gasteiger partial charge on any atom is -0.354 e. The zero-order valence-corrected chi connectivity index (χ0v) is 20.4. The van der Waals surface area contributed by atoms with Crippen molar-refractivity contribution >= 4 is 52.2 Å². The number of halogens is 1. The average Bonchev–Trinajstić information content (AvgIpc) is 3.27. The number of para-hydroxylation sites is 1. The fourth-order valence-corrected chi connectivity index (χ4v) is 4.89. The van der Waals surface area contributed by atoms with Gasteiger partial charge in [-0.3, -0.25) is 15.3 Å². The Hall–Kier alpha value is -3.60. The molecule has 4 aromatic rings. The molecule has 178 valence electrons. The maximum atomic E-state index is 12.5. The van der Waals surface area contributed by atoms with Crippen LogP contribution in [0.1, 0.15) is 22.6 Å². The molecule has 2 aromatic carbocycles. The third kappa shape index (κ3) is 5.56. The van der Waals surface area contributed by atoms with E-state index in [1.54, 1.807) is 24.0 Å². The van der Waals surface area contributed by atoms with Crippen LogP contribution in [0.25, 0.3) is 0 Å². The van der Waals surface area contributed by atoms with E-state index in [0.717, 1.165) is 46.4 Å². The quantitative estimate of drug-likeness (QED) is 0.261. The molecular weight excluding hydrogens is 484 g/mol. The summed E-state index contributed by atoms with van der Waals surface area (Å²) in [6, 6.07) is 17.2. The maximum absolute atomic E-state index is 12.5. The summed E-state index contributed by atoms with van der Waals surface area (Å²) in [5, 5.41) is 16.7. The Labute approximate surface area is 211 Å². The summed E-state index contributed by atoms with van der Waals surface area (Å²) in [5.74, 6) is 0.476. The summed E-state index contributed by atoms with van der Waals surface area (Å²) in [4.78, 5) is 21.4. The highest BCUT2D eigenvalue weighted by Crippen LogP contribution is 2.39. The van der Waals surface area contributed by atoms with E-state index in [9.17, 15) is 4.79 Å². The second-order valence-electron chi connectivity index (χ2n) is 7.97. The van der Waals surface area contributed by atoms with Crippen LogP contribution in [0.5, 0.6) is 0 Å². The maximum Gasteiger partial charge on any atom is 0.284 e. The first-order valence-electron chi connectivity index (χ1n) is 11.0. The van der Waals surface area contributed by atoms with Crippen LogP contribution in [-0.4, -0.2) is 43.0 Å². The predicted octanol–water partition coefficient (Wildman–Crippen LogP) is 5.12. The minimum atomic E-state index is -0.248. The topological polar surface area (TPSA) is 111 Å². The lowest BCUT2D eigenvalue weighted by Crippen LogP contribution is -2.55. The van der Waals surface area contributed by atoms with E-state index in [1.807, 2.05) is 54.4 Å². The summed E-state index contributed by atoms with van der Waals surface area (Å²) in [6.45, 7) is 2.72. The number of nitrogens with one attached hydrogen (secondary N) is 4. The van der Waals surface area contributed by atoms with E-state index >= 15 is 0 Å². The largest absolute Gasteiger partial charge is 0.354 e. The second kappa shape index (κ2) is 10.3. The number of hydrogen-bond donors (Lipinski definition) is 4. The molecule has 0 bridgehead atoms. The number of H-pyrrole nitrogens is 1. The molecule has 3 heterocycles. The molecule has 5 rings (SSSR count). The zero-order chi connectivity index (χ0) is 24.2. The zero-order valence-electron chi connectivity index (χ0n) is 18.8. The van der Waals surface area contributed by atoms with Gasteiger partial charge in [-0.25, -0.2) is 15.0 Å². The molecule has 0 aliphatic carbocycles. The summed E-state index contributed by atoms with van der Waals surface area (Å²) in [5.41, 5.74) is 6.85. The Balaban J connectivity index is 1.34. The van der Waals surface area contributed by atoms with Gasteiger partial charge in [-0.1, -0.05) is 23.7 Å². The number of anilines is 4. The molecule has 4 N–H and O–H groups in total. The molecule has 1 amide bonds. The number of hydrogen-bond acceptors (Lipinski definition) is 8. The number of carbonyl (C=O) groups excluding carboxylic acids is 1. The van der Waals surface area contributed by atoms with E-state index in [4.69, 9.17) is 11.6 Å². The lowest BCUT2D eigenvalue weighted by Gasteiger charge is -2.40. The van der Waals surface area contributed by atoms with Crippen molar-refractivity contribution in [3.05, 3.63) is 83.5 Å².